The van der Waals surface area contributed by atoms with Gasteiger partial charge in [-0.25, -0.2) is 4.98 Å². The van der Waals surface area contributed by atoms with Crippen molar-refractivity contribution in [1.29, 1.82) is 0 Å². The van der Waals surface area contributed by atoms with Gasteiger partial charge in [-0.05, 0) is 28.9 Å². The lowest BCUT2D eigenvalue weighted by Gasteiger charge is -1.98. The highest BCUT2D eigenvalue weighted by molar-refractivity contribution is 9.10. The summed E-state index contributed by atoms with van der Waals surface area (Å²) < 4.78 is 1.01. The fourth-order valence-electron chi connectivity index (χ4n) is 1.23. The van der Waals surface area contributed by atoms with Gasteiger partial charge >= 0.3 is 0 Å². The molecule has 0 atom stereocenters. The molecule has 82 valence electrons. The number of rotatable bonds is 3. The van der Waals surface area contributed by atoms with Crippen molar-refractivity contribution in [3.05, 3.63) is 44.6 Å². The fraction of sp³-hybridized carbons (Fsp3) is 0.182. The Morgan fingerprint density at radius 3 is 2.81 bits per heavy atom. The standard InChI is InChI=1S/C11H9BrN2OS/c1-7-4-14-10(5-13-7)11(15)3-9-2-8(12)6-16-9/h2,4-6H,3H2,1H3. The van der Waals surface area contributed by atoms with Crippen molar-refractivity contribution in [1.82, 2.24) is 9.97 Å². The lowest BCUT2D eigenvalue weighted by molar-refractivity contribution is 0.0988. The van der Waals surface area contributed by atoms with Crippen molar-refractivity contribution in [2.45, 2.75) is 13.3 Å². The molecule has 0 aromatic carbocycles. The normalized spacial score (nSPS) is 10.4. The maximum atomic E-state index is 11.8. The second-order valence-electron chi connectivity index (χ2n) is 3.37. The van der Waals surface area contributed by atoms with E-state index in [1.54, 1.807) is 17.5 Å². The molecule has 2 aromatic heterocycles. The number of nitrogens with zero attached hydrogens (tertiary/aromatic N) is 2. The zero-order valence-electron chi connectivity index (χ0n) is 8.61. The van der Waals surface area contributed by atoms with Crippen molar-refractivity contribution in [3.63, 3.8) is 0 Å². The van der Waals surface area contributed by atoms with Crippen LogP contribution in [0, 0.1) is 6.92 Å². The number of ketones is 1. The van der Waals surface area contributed by atoms with Crippen LogP contribution >= 0.6 is 27.3 Å². The monoisotopic (exact) mass is 296 g/mol. The molecule has 0 radical (unpaired) electrons. The zero-order chi connectivity index (χ0) is 11.5. The van der Waals surface area contributed by atoms with Crippen LogP contribution in [0.15, 0.2) is 28.3 Å². The maximum absolute atomic E-state index is 11.8. The largest absolute Gasteiger partial charge is 0.292 e. The number of carbonyl (C=O) groups is 1. The number of halogens is 1. The predicted molar refractivity (Wildman–Crippen MR) is 66.8 cm³/mol. The summed E-state index contributed by atoms with van der Waals surface area (Å²) in [5, 5.41) is 1.96. The number of aryl methyl sites for hydroxylation is 1. The highest BCUT2D eigenvalue weighted by Crippen LogP contribution is 2.20. The van der Waals surface area contributed by atoms with Crippen LogP contribution in [0.25, 0.3) is 0 Å². The number of hydrogen-bond donors (Lipinski definition) is 0. The molecule has 0 fully saturated rings. The van der Waals surface area contributed by atoms with Gasteiger partial charge in [-0.3, -0.25) is 9.78 Å². The number of Topliss-reactive ketones (excluding diaryl/α,β-unsaturated/α-hetero) is 1. The Morgan fingerprint density at radius 2 is 2.25 bits per heavy atom. The minimum atomic E-state index is 0.00171. The van der Waals surface area contributed by atoms with Gasteiger partial charge in [-0.2, -0.15) is 0 Å². The lowest BCUT2D eigenvalue weighted by atomic mass is 10.2. The van der Waals surface area contributed by atoms with Crippen LogP contribution in [0.2, 0.25) is 0 Å². The van der Waals surface area contributed by atoms with Gasteiger partial charge in [0.25, 0.3) is 0 Å². The Bertz CT molecular complexity index is 507. The van der Waals surface area contributed by atoms with E-state index in [0.29, 0.717) is 12.1 Å². The third-order valence-corrected chi connectivity index (χ3v) is 3.72. The van der Waals surface area contributed by atoms with Crippen LogP contribution in [-0.2, 0) is 6.42 Å². The highest BCUT2D eigenvalue weighted by Gasteiger charge is 2.10. The molecule has 2 rings (SSSR count). The zero-order valence-corrected chi connectivity index (χ0v) is 11.0. The number of hydrogen-bond acceptors (Lipinski definition) is 4. The molecule has 2 aromatic rings. The molecule has 0 spiro atoms. The number of carbonyl (C=O) groups excluding carboxylic acids is 1. The Labute approximate surface area is 106 Å². The highest BCUT2D eigenvalue weighted by atomic mass is 79.9. The van der Waals surface area contributed by atoms with E-state index in [1.165, 1.54) is 6.20 Å². The first-order valence-corrected chi connectivity index (χ1v) is 6.37. The third kappa shape index (κ3) is 2.74. The minimum absolute atomic E-state index is 0.00171. The molecule has 0 N–H and O–H groups in total. The molecule has 0 saturated carbocycles. The summed E-state index contributed by atoms with van der Waals surface area (Å²) in [6.45, 7) is 1.84. The van der Waals surface area contributed by atoms with E-state index in [-0.39, 0.29) is 5.78 Å². The van der Waals surface area contributed by atoms with Crippen molar-refractivity contribution in [2.24, 2.45) is 0 Å². The SMILES string of the molecule is Cc1cnc(C(=O)Cc2cc(Br)cs2)cn1. The van der Waals surface area contributed by atoms with Crippen LogP contribution in [-0.4, -0.2) is 15.8 Å². The average molecular weight is 297 g/mol. The molecule has 3 nitrogen and oxygen atoms in total. The Balaban J connectivity index is 2.11. The lowest BCUT2D eigenvalue weighted by Crippen LogP contribution is -2.05. The van der Waals surface area contributed by atoms with Gasteiger partial charge in [0, 0.05) is 27.3 Å². The molecule has 2 heterocycles. The first kappa shape index (κ1) is 11.4. The molecule has 0 amide bonds. The van der Waals surface area contributed by atoms with Crippen molar-refractivity contribution in [3.8, 4) is 0 Å². The molecule has 0 bridgehead atoms. The van der Waals surface area contributed by atoms with Crippen molar-refractivity contribution >= 4 is 33.0 Å². The molecule has 0 aliphatic rings. The maximum Gasteiger partial charge on any atom is 0.187 e. The minimum Gasteiger partial charge on any atom is -0.292 e. The molecule has 0 saturated heterocycles. The molecular weight excluding hydrogens is 288 g/mol. The third-order valence-electron chi connectivity index (χ3n) is 2.02. The fourth-order valence-corrected chi connectivity index (χ4v) is 2.68. The smallest absolute Gasteiger partial charge is 0.187 e. The molecule has 0 aliphatic heterocycles. The van der Waals surface area contributed by atoms with Gasteiger partial charge in [0.15, 0.2) is 5.78 Å². The van der Waals surface area contributed by atoms with Gasteiger partial charge in [-0.15, -0.1) is 11.3 Å². The second-order valence-corrected chi connectivity index (χ2v) is 5.29. The summed E-state index contributed by atoms with van der Waals surface area (Å²) >= 11 is 4.92. The van der Waals surface area contributed by atoms with Crippen molar-refractivity contribution < 1.29 is 4.79 Å². The second kappa shape index (κ2) is 4.84. The van der Waals surface area contributed by atoms with Gasteiger partial charge in [0.05, 0.1) is 11.9 Å². The van der Waals surface area contributed by atoms with Crippen LogP contribution in [0.1, 0.15) is 21.1 Å². The predicted octanol–water partition coefficient (Wildman–Crippen LogP) is 3.03. The van der Waals surface area contributed by atoms with E-state index in [1.807, 2.05) is 18.4 Å². The molecule has 5 heteroatoms. The van der Waals surface area contributed by atoms with E-state index in [9.17, 15) is 4.79 Å². The molecule has 16 heavy (non-hydrogen) atoms. The average Bonchev–Trinajstić information content (AvgIpc) is 2.65. The van der Waals surface area contributed by atoms with Crippen LogP contribution < -0.4 is 0 Å². The summed E-state index contributed by atoms with van der Waals surface area (Å²) in [5.41, 5.74) is 1.24. The van der Waals surface area contributed by atoms with Crippen LogP contribution in [0.4, 0.5) is 0 Å². The van der Waals surface area contributed by atoms with Crippen LogP contribution in [0.3, 0.4) is 0 Å². The van der Waals surface area contributed by atoms with Gasteiger partial charge < -0.3 is 0 Å². The molecule has 0 aliphatic carbocycles. The molecular formula is C11H9BrN2OS. The summed E-state index contributed by atoms with van der Waals surface area (Å²) in [6, 6.07) is 1.95. The van der Waals surface area contributed by atoms with Gasteiger partial charge in [0.1, 0.15) is 5.69 Å². The summed E-state index contributed by atoms with van der Waals surface area (Å²) in [5.74, 6) is 0.00171. The van der Waals surface area contributed by atoms with E-state index in [2.05, 4.69) is 25.9 Å². The Hall–Kier alpha value is -1.07. The quantitative estimate of drug-likeness (QED) is 0.818. The van der Waals surface area contributed by atoms with E-state index in [0.717, 1.165) is 15.0 Å². The number of aromatic nitrogens is 2. The topological polar surface area (TPSA) is 42.9 Å². The summed E-state index contributed by atoms with van der Waals surface area (Å²) in [6.07, 6.45) is 3.52. The number of thiophene rings is 1. The Morgan fingerprint density at radius 1 is 1.44 bits per heavy atom. The molecule has 0 unspecified atom stereocenters. The van der Waals surface area contributed by atoms with E-state index >= 15 is 0 Å². The van der Waals surface area contributed by atoms with Gasteiger partial charge in [-0.1, -0.05) is 0 Å². The van der Waals surface area contributed by atoms with E-state index in [4.69, 9.17) is 0 Å². The van der Waals surface area contributed by atoms with Crippen molar-refractivity contribution in [2.75, 3.05) is 0 Å². The summed E-state index contributed by atoms with van der Waals surface area (Å²) in [7, 11) is 0. The summed E-state index contributed by atoms with van der Waals surface area (Å²) in [4.78, 5) is 21.0. The van der Waals surface area contributed by atoms with Crippen LogP contribution in [0.5, 0.6) is 0 Å². The Kier molecular flexibility index (Phi) is 3.46. The first-order chi connectivity index (χ1) is 7.65. The van der Waals surface area contributed by atoms with E-state index < -0.39 is 0 Å². The van der Waals surface area contributed by atoms with Gasteiger partial charge in [0.2, 0.25) is 0 Å². The first-order valence-electron chi connectivity index (χ1n) is 4.70.